The zero-order valence-electron chi connectivity index (χ0n) is 22.7. The quantitative estimate of drug-likeness (QED) is 0.189. The molecule has 8 aromatic rings. The zero-order valence-corrected chi connectivity index (χ0v) is 25.1. The molecular weight excluding hydrogens is 573 g/mol. The number of sulfone groups is 1. The highest BCUT2D eigenvalue weighted by atomic mass is 32.2. The summed E-state index contributed by atoms with van der Waals surface area (Å²) in [5, 5.41) is 9.41. The average molecular weight is 597 g/mol. The first-order chi connectivity index (χ1) is 20.4. The second-order valence-corrected chi connectivity index (χ2v) is 14.8. The van der Waals surface area contributed by atoms with Crippen molar-refractivity contribution in [1.82, 2.24) is 0 Å². The molecule has 0 aliphatic rings. The van der Waals surface area contributed by atoms with E-state index in [-0.39, 0.29) is 0 Å². The minimum Gasteiger partial charge on any atom is -0.224 e. The summed E-state index contributed by atoms with van der Waals surface area (Å²) in [6.07, 6.45) is 1.31. The predicted molar refractivity (Wildman–Crippen MR) is 182 cm³/mol. The highest BCUT2D eigenvalue weighted by Crippen LogP contribution is 2.48. The third-order valence-electron chi connectivity index (χ3n) is 7.96. The maximum absolute atomic E-state index is 13.1. The molecule has 5 heteroatoms. The van der Waals surface area contributed by atoms with E-state index in [0.717, 1.165) is 35.8 Å². The van der Waals surface area contributed by atoms with E-state index < -0.39 is 9.84 Å². The molecule has 2 aromatic heterocycles. The van der Waals surface area contributed by atoms with Crippen molar-refractivity contribution in [1.29, 1.82) is 0 Å². The molecule has 0 fully saturated rings. The molecule has 0 N–H and O–H groups in total. The van der Waals surface area contributed by atoms with Gasteiger partial charge in [0.25, 0.3) is 0 Å². The SMILES string of the molecule is CS(=O)(=O)c1cc(-c2cccc3cc4ccccc4cc23)sc1-c1ccc(-c2c3ccccc3cc3ccccc23)s1. The van der Waals surface area contributed by atoms with E-state index in [1.807, 2.05) is 6.07 Å². The summed E-state index contributed by atoms with van der Waals surface area (Å²) in [5.41, 5.74) is 2.25. The van der Waals surface area contributed by atoms with E-state index in [2.05, 4.69) is 121 Å². The Hall–Kier alpha value is -4.29. The normalized spacial score (nSPS) is 12.1. The molecule has 0 saturated carbocycles. The number of hydrogen-bond donors (Lipinski definition) is 0. The third-order valence-corrected chi connectivity index (χ3v) is 11.7. The van der Waals surface area contributed by atoms with E-state index >= 15 is 0 Å². The number of fused-ring (bicyclic) bond motifs is 4. The summed E-state index contributed by atoms with van der Waals surface area (Å²) in [6, 6.07) is 44.3. The topological polar surface area (TPSA) is 34.1 Å². The summed E-state index contributed by atoms with van der Waals surface area (Å²) in [6.45, 7) is 0. The fourth-order valence-electron chi connectivity index (χ4n) is 6.01. The molecule has 0 atom stereocenters. The molecule has 0 unspecified atom stereocenters. The Balaban J connectivity index is 1.33. The van der Waals surface area contributed by atoms with E-state index in [4.69, 9.17) is 0 Å². The van der Waals surface area contributed by atoms with Gasteiger partial charge in [-0.25, -0.2) is 8.42 Å². The van der Waals surface area contributed by atoms with Gasteiger partial charge in [-0.05, 0) is 85.1 Å². The number of rotatable bonds is 4. The van der Waals surface area contributed by atoms with Crippen LogP contribution in [0.15, 0.2) is 132 Å². The molecule has 2 nitrogen and oxygen atoms in total. The van der Waals surface area contributed by atoms with Crippen LogP contribution < -0.4 is 0 Å². The van der Waals surface area contributed by atoms with Crippen molar-refractivity contribution in [2.24, 2.45) is 0 Å². The van der Waals surface area contributed by atoms with Gasteiger partial charge in [-0.1, -0.05) is 91.0 Å². The third kappa shape index (κ3) is 4.16. The van der Waals surface area contributed by atoms with Crippen LogP contribution in [0.2, 0.25) is 0 Å². The molecular formula is C37H24O2S3. The van der Waals surface area contributed by atoms with E-state index in [9.17, 15) is 8.42 Å². The van der Waals surface area contributed by atoms with E-state index in [0.29, 0.717) is 4.90 Å². The van der Waals surface area contributed by atoms with Crippen LogP contribution in [0.1, 0.15) is 0 Å². The van der Waals surface area contributed by atoms with Crippen molar-refractivity contribution in [2.45, 2.75) is 4.90 Å². The van der Waals surface area contributed by atoms with Crippen LogP contribution in [0.5, 0.6) is 0 Å². The summed E-state index contributed by atoms with van der Waals surface area (Å²) < 4.78 is 26.3. The van der Waals surface area contributed by atoms with Crippen LogP contribution in [0, 0.1) is 0 Å². The molecule has 0 aliphatic carbocycles. The minimum absolute atomic E-state index is 0.386. The van der Waals surface area contributed by atoms with Gasteiger partial charge in [-0.3, -0.25) is 0 Å². The molecule has 2 heterocycles. The standard InChI is InChI=1S/C37H24O2S3/c1-42(38,39)35-22-34(30-16-8-13-27-19-23-9-2-3-10-24(23)21-31(27)30)41-37(35)33-18-17-32(40-33)36-28-14-6-4-11-25(28)20-26-12-5-7-15-29(26)36/h2-22H,1H3. The summed E-state index contributed by atoms with van der Waals surface area (Å²) in [4.78, 5) is 4.23. The van der Waals surface area contributed by atoms with Crippen LogP contribution in [0.25, 0.3) is 73.7 Å². The Kier molecular flexibility index (Phi) is 5.83. The lowest BCUT2D eigenvalue weighted by Crippen LogP contribution is -1.96. The molecule has 0 spiro atoms. The summed E-state index contributed by atoms with van der Waals surface area (Å²) >= 11 is 3.22. The van der Waals surface area contributed by atoms with Crippen LogP contribution in [0.4, 0.5) is 0 Å². The highest BCUT2D eigenvalue weighted by molar-refractivity contribution is 7.91. The Morgan fingerprint density at radius 2 is 1.02 bits per heavy atom. The van der Waals surface area contributed by atoms with Crippen molar-refractivity contribution in [3.63, 3.8) is 0 Å². The second kappa shape index (κ2) is 9.63. The monoisotopic (exact) mass is 596 g/mol. The predicted octanol–water partition coefficient (Wildman–Crippen LogP) is 10.8. The van der Waals surface area contributed by atoms with Gasteiger partial charge < -0.3 is 0 Å². The first-order valence-electron chi connectivity index (χ1n) is 13.7. The first kappa shape index (κ1) is 25.4. The van der Waals surface area contributed by atoms with Crippen LogP contribution >= 0.6 is 22.7 Å². The lowest BCUT2D eigenvalue weighted by Gasteiger charge is -2.10. The lowest BCUT2D eigenvalue weighted by molar-refractivity contribution is 0.602. The molecule has 0 bridgehead atoms. The fraction of sp³-hybridized carbons (Fsp3) is 0.0270. The molecule has 0 radical (unpaired) electrons. The van der Waals surface area contributed by atoms with Crippen molar-refractivity contribution >= 4 is 75.6 Å². The van der Waals surface area contributed by atoms with Gasteiger partial charge in [0, 0.05) is 26.5 Å². The molecule has 42 heavy (non-hydrogen) atoms. The molecule has 8 rings (SSSR count). The van der Waals surface area contributed by atoms with E-state index in [1.165, 1.54) is 44.1 Å². The van der Waals surface area contributed by atoms with Gasteiger partial charge in [-0.15, -0.1) is 22.7 Å². The second-order valence-electron chi connectivity index (χ2n) is 10.7. The minimum atomic E-state index is -3.46. The van der Waals surface area contributed by atoms with Crippen molar-refractivity contribution in [3.8, 4) is 30.6 Å². The number of thiophene rings is 2. The van der Waals surface area contributed by atoms with Gasteiger partial charge in [0.15, 0.2) is 9.84 Å². The lowest BCUT2D eigenvalue weighted by atomic mass is 9.96. The van der Waals surface area contributed by atoms with Gasteiger partial charge >= 0.3 is 0 Å². The number of hydrogen-bond acceptors (Lipinski definition) is 4. The van der Waals surface area contributed by atoms with E-state index in [1.54, 1.807) is 22.7 Å². The number of benzene rings is 6. The van der Waals surface area contributed by atoms with Crippen molar-refractivity contribution in [2.75, 3.05) is 6.26 Å². The van der Waals surface area contributed by atoms with Crippen LogP contribution in [-0.4, -0.2) is 14.7 Å². The van der Waals surface area contributed by atoms with Gasteiger partial charge in [0.1, 0.15) is 0 Å². The first-order valence-corrected chi connectivity index (χ1v) is 17.2. The molecule has 0 amide bonds. The van der Waals surface area contributed by atoms with Gasteiger partial charge in [-0.2, -0.15) is 0 Å². The van der Waals surface area contributed by atoms with Crippen molar-refractivity contribution < 1.29 is 8.42 Å². The highest BCUT2D eigenvalue weighted by Gasteiger charge is 2.23. The molecule has 0 saturated heterocycles. The average Bonchev–Trinajstić information content (AvgIpc) is 3.66. The Morgan fingerprint density at radius 1 is 0.476 bits per heavy atom. The van der Waals surface area contributed by atoms with Gasteiger partial charge in [0.05, 0.1) is 9.77 Å². The maximum Gasteiger partial charge on any atom is 0.177 e. The van der Waals surface area contributed by atoms with Crippen molar-refractivity contribution in [3.05, 3.63) is 127 Å². The van der Waals surface area contributed by atoms with Crippen LogP contribution in [0.3, 0.4) is 0 Å². The summed E-state index contributed by atoms with van der Waals surface area (Å²) in [7, 11) is -3.46. The Labute approximate surface area is 252 Å². The van der Waals surface area contributed by atoms with Gasteiger partial charge in [0.2, 0.25) is 0 Å². The fourth-order valence-corrected chi connectivity index (χ4v) is 9.80. The summed E-state index contributed by atoms with van der Waals surface area (Å²) in [5.74, 6) is 0. The maximum atomic E-state index is 13.1. The van der Waals surface area contributed by atoms with Crippen LogP contribution in [-0.2, 0) is 9.84 Å². The molecule has 6 aromatic carbocycles. The Morgan fingerprint density at radius 3 is 1.71 bits per heavy atom. The smallest absolute Gasteiger partial charge is 0.177 e. The molecule has 202 valence electrons. The zero-order chi connectivity index (χ0) is 28.4. The largest absolute Gasteiger partial charge is 0.224 e. The molecule has 0 aliphatic heterocycles. The Bertz CT molecular complexity index is 2390.